The Kier molecular flexibility index (Phi) is 8.75. The minimum atomic E-state index is -0.659. The molecular formula is C24H30Cl2N2O2. The summed E-state index contributed by atoms with van der Waals surface area (Å²) in [5, 5.41) is 3.87. The standard InChI is InChI=1S/C24H30Cl2N2O2/c1-15(2)13-27-24(30)18(5)28(14-20-21(25)7-6-8-22(20)26)23(29)12-19-11-16(3)9-10-17(19)4/h6-11,15,18H,12-14H2,1-5H3,(H,27,30). The van der Waals surface area contributed by atoms with Gasteiger partial charge in [-0.2, -0.15) is 0 Å². The van der Waals surface area contributed by atoms with Crippen LogP contribution in [0.25, 0.3) is 0 Å². The zero-order chi connectivity index (χ0) is 22.4. The van der Waals surface area contributed by atoms with E-state index < -0.39 is 6.04 Å². The number of rotatable bonds is 8. The molecule has 162 valence electrons. The monoisotopic (exact) mass is 448 g/mol. The summed E-state index contributed by atoms with van der Waals surface area (Å²) in [6.07, 6.45) is 0.206. The van der Waals surface area contributed by atoms with Crippen LogP contribution in [0.15, 0.2) is 36.4 Å². The lowest BCUT2D eigenvalue weighted by Crippen LogP contribution is -2.48. The van der Waals surface area contributed by atoms with Crippen molar-refractivity contribution in [2.24, 2.45) is 5.92 Å². The fraction of sp³-hybridized carbons (Fsp3) is 0.417. The van der Waals surface area contributed by atoms with Crippen LogP contribution in [0.5, 0.6) is 0 Å². The first-order chi connectivity index (χ1) is 14.1. The van der Waals surface area contributed by atoms with Gasteiger partial charge in [-0.1, -0.05) is 66.9 Å². The van der Waals surface area contributed by atoms with Crippen molar-refractivity contribution < 1.29 is 9.59 Å². The summed E-state index contributed by atoms with van der Waals surface area (Å²) >= 11 is 12.7. The van der Waals surface area contributed by atoms with Gasteiger partial charge in [0.05, 0.1) is 6.42 Å². The fourth-order valence-corrected chi connectivity index (χ4v) is 3.66. The molecule has 0 aliphatic carbocycles. The minimum absolute atomic E-state index is 0.146. The Morgan fingerprint density at radius 2 is 1.67 bits per heavy atom. The fourth-order valence-electron chi connectivity index (χ4n) is 3.14. The maximum Gasteiger partial charge on any atom is 0.242 e. The van der Waals surface area contributed by atoms with Crippen molar-refractivity contribution in [3.63, 3.8) is 0 Å². The van der Waals surface area contributed by atoms with Crippen LogP contribution in [0.1, 0.15) is 43.0 Å². The third-order valence-electron chi connectivity index (χ3n) is 5.09. The summed E-state index contributed by atoms with van der Waals surface area (Å²) in [6, 6.07) is 10.6. The molecule has 1 unspecified atom stereocenters. The highest BCUT2D eigenvalue weighted by atomic mass is 35.5. The highest BCUT2D eigenvalue weighted by Crippen LogP contribution is 2.27. The third kappa shape index (κ3) is 6.48. The molecule has 2 amide bonds. The first-order valence-corrected chi connectivity index (χ1v) is 10.9. The van der Waals surface area contributed by atoms with Gasteiger partial charge in [0.2, 0.25) is 11.8 Å². The van der Waals surface area contributed by atoms with Crippen molar-refractivity contribution >= 4 is 35.0 Å². The normalized spacial score (nSPS) is 12.0. The van der Waals surface area contributed by atoms with Crippen molar-refractivity contribution in [2.45, 2.75) is 53.6 Å². The average Bonchev–Trinajstić information content (AvgIpc) is 2.68. The lowest BCUT2D eigenvalue weighted by atomic mass is 10.0. The number of carbonyl (C=O) groups excluding carboxylic acids is 2. The second-order valence-electron chi connectivity index (χ2n) is 8.14. The van der Waals surface area contributed by atoms with Crippen molar-refractivity contribution in [3.05, 3.63) is 68.7 Å². The van der Waals surface area contributed by atoms with Crippen molar-refractivity contribution in [1.82, 2.24) is 10.2 Å². The molecule has 0 spiro atoms. The zero-order valence-electron chi connectivity index (χ0n) is 18.3. The second-order valence-corrected chi connectivity index (χ2v) is 8.96. The van der Waals surface area contributed by atoms with E-state index in [9.17, 15) is 9.59 Å². The van der Waals surface area contributed by atoms with Crippen LogP contribution >= 0.6 is 23.2 Å². The van der Waals surface area contributed by atoms with Gasteiger partial charge in [-0.25, -0.2) is 0 Å². The average molecular weight is 449 g/mol. The molecular weight excluding hydrogens is 419 g/mol. The van der Waals surface area contributed by atoms with Crippen LogP contribution in [-0.2, 0) is 22.6 Å². The molecule has 0 heterocycles. The molecule has 2 rings (SSSR count). The van der Waals surface area contributed by atoms with Crippen LogP contribution in [0.4, 0.5) is 0 Å². The van der Waals surface area contributed by atoms with Crippen molar-refractivity contribution in [1.29, 1.82) is 0 Å². The SMILES string of the molecule is Cc1ccc(C)c(CC(=O)N(Cc2c(Cl)cccc2Cl)C(C)C(=O)NCC(C)C)c1. The van der Waals surface area contributed by atoms with Gasteiger partial charge in [0.25, 0.3) is 0 Å². The maximum absolute atomic E-state index is 13.3. The van der Waals surface area contributed by atoms with Crippen molar-refractivity contribution in [2.75, 3.05) is 6.54 Å². The smallest absolute Gasteiger partial charge is 0.242 e. The van der Waals surface area contributed by atoms with E-state index in [1.807, 2.05) is 45.9 Å². The number of nitrogens with one attached hydrogen (secondary N) is 1. The zero-order valence-corrected chi connectivity index (χ0v) is 19.8. The molecule has 0 fully saturated rings. The Bertz CT molecular complexity index is 892. The number of hydrogen-bond donors (Lipinski definition) is 1. The van der Waals surface area contributed by atoms with Gasteiger partial charge in [-0.05, 0) is 49.9 Å². The maximum atomic E-state index is 13.3. The van der Waals surface area contributed by atoms with Gasteiger partial charge >= 0.3 is 0 Å². The first kappa shape index (κ1) is 24.2. The molecule has 6 heteroatoms. The van der Waals surface area contributed by atoms with Gasteiger partial charge < -0.3 is 10.2 Å². The summed E-state index contributed by atoms with van der Waals surface area (Å²) in [7, 11) is 0. The Labute approximate surface area is 189 Å². The van der Waals surface area contributed by atoms with E-state index in [0.29, 0.717) is 28.1 Å². The Balaban J connectivity index is 2.33. The summed E-state index contributed by atoms with van der Waals surface area (Å²) in [5.74, 6) is -0.0219. The van der Waals surface area contributed by atoms with E-state index in [2.05, 4.69) is 5.32 Å². The number of aryl methyl sites for hydroxylation is 2. The van der Waals surface area contributed by atoms with Gasteiger partial charge in [0, 0.05) is 28.7 Å². The number of benzene rings is 2. The largest absolute Gasteiger partial charge is 0.354 e. The van der Waals surface area contributed by atoms with Gasteiger partial charge in [0.15, 0.2) is 0 Å². The predicted octanol–water partition coefficient (Wildman–Crippen LogP) is 5.34. The predicted molar refractivity (Wildman–Crippen MR) is 124 cm³/mol. The summed E-state index contributed by atoms with van der Waals surface area (Å²) in [6.45, 7) is 10.5. The van der Waals surface area contributed by atoms with Crippen LogP contribution in [0, 0.1) is 19.8 Å². The number of amides is 2. The van der Waals surface area contributed by atoms with E-state index in [1.165, 1.54) is 0 Å². The molecule has 0 aliphatic rings. The van der Waals surface area contributed by atoms with Crippen molar-refractivity contribution in [3.8, 4) is 0 Å². The molecule has 0 saturated heterocycles. The summed E-state index contributed by atoms with van der Waals surface area (Å²) in [5.41, 5.74) is 3.72. The molecule has 0 saturated carbocycles. The molecule has 0 aromatic heterocycles. The molecule has 4 nitrogen and oxygen atoms in total. The molecule has 0 bridgehead atoms. The van der Waals surface area contributed by atoms with Crippen LogP contribution in [0.3, 0.4) is 0 Å². The Morgan fingerprint density at radius 3 is 2.27 bits per heavy atom. The first-order valence-electron chi connectivity index (χ1n) is 10.2. The lowest BCUT2D eigenvalue weighted by molar-refractivity contribution is -0.140. The van der Waals surface area contributed by atoms with Crippen LogP contribution in [-0.4, -0.2) is 29.3 Å². The topological polar surface area (TPSA) is 49.4 Å². The quantitative estimate of drug-likeness (QED) is 0.591. The highest BCUT2D eigenvalue weighted by molar-refractivity contribution is 6.36. The minimum Gasteiger partial charge on any atom is -0.354 e. The highest BCUT2D eigenvalue weighted by Gasteiger charge is 2.27. The number of hydrogen-bond acceptors (Lipinski definition) is 2. The molecule has 1 atom stereocenters. The summed E-state index contributed by atoms with van der Waals surface area (Å²) in [4.78, 5) is 27.7. The Morgan fingerprint density at radius 1 is 1.03 bits per heavy atom. The molecule has 30 heavy (non-hydrogen) atoms. The Hall–Kier alpha value is -2.04. The van der Waals surface area contributed by atoms with Crippen LogP contribution < -0.4 is 5.32 Å². The summed E-state index contributed by atoms with van der Waals surface area (Å²) < 4.78 is 0. The van der Waals surface area contributed by atoms with E-state index in [1.54, 1.807) is 30.0 Å². The molecule has 1 N–H and O–H groups in total. The van der Waals surface area contributed by atoms with E-state index >= 15 is 0 Å². The number of nitrogens with zero attached hydrogens (tertiary/aromatic N) is 1. The van der Waals surface area contributed by atoms with E-state index in [-0.39, 0.29) is 24.8 Å². The van der Waals surface area contributed by atoms with Gasteiger partial charge in [-0.3, -0.25) is 9.59 Å². The molecule has 0 aliphatic heterocycles. The number of halogens is 2. The number of carbonyl (C=O) groups is 2. The van der Waals surface area contributed by atoms with E-state index in [0.717, 1.165) is 16.7 Å². The van der Waals surface area contributed by atoms with Gasteiger partial charge in [-0.15, -0.1) is 0 Å². The molecule has 2 aromatic rings. The molecule has 2 aromatic carbocycles. The third-order valence-corrected chi connectivity index (χ3v) is 5.80. The molecule has 0 radical (unpaired) electrons. The lowest BCUT2D eigenvalue weighted by Gasteiger charge is -2.30. The second kappa shape index (κ2) is 10.8. The van der Waals surface area contributed by atoms with E-state index in [4.69, 9.17) is 23.2 Å². The van der Waals surface area contributed by atoms with Crippen LogP contribution in [0.2, 0.25) is 10.0 Å². The van der Waals surface area contributed by atoms with Gasteiger partial charge in [0.1, 0.15) is 6.04 Å².